The maximum Gasteiger partial charge on any atom is 0.258 e. The van der Waals surface area contributed by atoms with Gasteiger partial charge in [-0.2, -0.15) is 0 Å². The third kappa shape index (κ3) is 3.00. The molecule has 2 aromatic carbocycles. The van der Waals surface area contributed by atoms with Crippen molar-refractivity contribution in [2.45, 2.75) is 12.5 Å². The van der Waals surface area contributed by atoms with Gasteiger partial charge in [-0.05, 0) is 18.2 Å². The van der Waals surface area contributed by atoms with Crippen molar-refractivity contribution >= 4 is 44.2 Å². The third-order valence-corrected chi connectivity index (χ3v) is 6.75. The average Bonchev–Trinajstić information content (AvgIpc) is 3.12. The molecule has 2 aliphatic heterocycles. The van der Waals surface area contributed by atoms with E-state index in [-0.39, 0.29) is 49.2 Å². The average molecular weight is 451 g/mol. The SMILES string of the molecule is Nc1nc2c(-c3c(F)cc4c(c3Cl)OCC[C@H]3CNCCN3C4=O)ccc(F)c2s1. The molecule has 156 valence electrons. The fourth-order valence-electron chi connectivity index (χ4n) is 4.08. The second-order valence-electron chi connectivity index (χ2n) is 7.24. The number of halogens is 3. The topological polar surface area (TPSA) is 80.5 Å². The largest absolute Gasteiger partial charge is 0.491 e. The summed E-state index contributed by atoms with van der Waals surface area (Å²) in [6, 6.07) is 3.76. The number of amides is 1. The van der Waals surface area contributed by atoms with Gasteiger partial charge in [0.25, 0.3) is 5.91 Å². The summed E-state index contributed by atoms with van der Waals surface area (Å²) in [7, 11) is 0. The Bertz CT molecular complexity index is 1190. The van der Waals surface area contributed by atoms with E-state index >= 15 is 4.39 Å². The number of piperazine rings is 1. The molecule has 3 aromatic rings. The molecule has 0 saturated carbocycles. The second-order valence-corrected chi connectivity index (χ2v) is 8.65. The van der Waals surface area contributed by atoms with Gasteiger partial charge in [0.1, 0.15) is 11.6 Å². The van der Waals surface area contributed by atoms with Gasteiger partial charge in [-0.1, -0.05) is 22.9 Å². The number of ether oxygens (including phenoxy) is 1. The number of carbonyl (C=O) groups is 1. The number of hydrogen-bond acceptors (Lipinski definition) is 6. The zero-order valence-electron chi connectivity index (χ0n) is 15.7. The summed E-state index contributed by atoms with van der Waals surface area (Å²) in [5.41, 5.74) is 6.36. The maximum absolute atomic E-state index is 15.3. The zero-order valence-corrected chi connectivity index (χ0v) is 17.2. The van der Waals surface area contributed by atoms with E-state index < -0.39 is 11.6 Å². The Balaban J connectivity index is 1.70. The van der Waals surface area contributed by atoms with Gasteiger partial charge in [0.15, 0.2) is 10.9 Å². The van der Waals surface area contributed by atoms with E-state index in [1.807, 2.05) is 0 Å². The van der Waals surface area contributed by atoms with E-state index in [1.165, 1.54) is 12.1 Å². The Morgan fingerprint density at radius 1 is 1.30 bits per heavy atom. The monoisotopic (exact) mass is 450 g/mol. The van der Waals surface area contributed by atoms with Crippen LogP contribution in [-0.4, -0.2) is 48.1 Å². The smallest absolute Gasteiger partial charge is 0.258 e. The lowest BCUT2D eigenvalue weighted by atomic mass is 9.98. The summed E-state index contributed by atoms with van der Waals surface area (Å²) in [4.78, 5) is 19.0. The van der Waals surface area contributed by atoms with E-state index in [4.69, 9.17) is 22.1 Å². The second kappa shape index (κ2) is 7.33. The molecule has 6 nitrogen and oxygen atoms in total. The lowest BCUT2D eigenvalue weighted by Gasteiger charge is -2.38. The van der Waals surface area contributed by atoms with Crippen LogP contribution in [0.1, 0.15) is 16.8 Å². The molecule has 0 unspecified atom stereocenters. The van der Waals surface area contributed by atoms with Crippen molar-refractivity contribution in [3.05, 3.63) is 40.4 Å². The van der Waals surface area contributed by atoms with Crippen LogP contribution >= 0.6 is 22.9 Å². The number of anilines is 1. The van der Waals surface area contributed by atoms with Crippen LogP contribution in [0.4, 0.5) is 13.9 Å². The first-order chi connectivity index (χ1) is 14.5. The first kappa shape index (κ1) is 19.5. The fourth-order valence-corrected chi connectivity index (χ4v) is 5.19. The number of benzene rings is 2. The molecule has 1 fully saturated rings. The van der Waals surface area contributed by atoms with E-state index in [9.17, 15) is 9.18 Å². The van der Waals surface area contributed by atoms with Crippen LogP contribution in [0.3, 0.4) is 0 Å². The van der Waals surface area contributed by atoms with Gasteiger partial charge in [-0.25, -0.2) is 13.8 Å². The van der Waals surface area contributed by atoms with Crippen LogP contribution in [0, 0.1) is 11.6 Å². The first-order valence-corrected chi connectivity index (χ1v) is 10.7. The normalized spacial score (nSPS) is 19.1. The highest BCUT2D eigenvalue weighted by molar-refractivity contribution is 7.22. The summed E-state index contributed by atoms with van der Waals surface area (Å²) >= 11 is 7.56. The predicted molar refractivity (Wildman–Crippen MR) is 112 cm³/mol. The third-order valence-electron chi connectivity index (χ3n) is 5.49. The highest BCUT2D eigenvalue weighted by atomic mass is 35.5. The molecule has 3 heterocycles. The van der Waals surface area contributed by atoms with Gasteiger partial charge in [0, 0.05) is 43.2 Å². The predicted octanol–water partition coefficient (Wildman–Crippen LogP) is 3.67. The molecule has 1 atom stereocenters. The van der Waals surface area contributed by atoms with E-state index in [2.05, 4.69) is 10.3 Å². The maximum atomic E-state index is 15.3. The molecule has 1 saturated heterocycles. The van der Waals surface area contributed by atoms with Gasteiger partial charge < -0.3 is 20.7 Å². The number of thiazole rings is 1. The number of hydrogen-bond donors (Lipinski definition) is 2. The molecule has 0 radical (unpaired) electrons. The molecule has 3 N–H and O–H groups in total. The summed E-state index contributed by atoms with van der Waals surface area (Å²) in [6.07, 6.45) is 0.630. The number of nitrogens with zero attached hydrogens (tertiary/aromatic N) is 2. The zero-order chi connectivity index (χ0) is 21.0. The van der Waals surface area contributed by atoms with E-state index in [0.29, 0.717) is 38.2 Å². The van der Waals surface area contributed by atoms with Crippen molar-refractivity contribution in [3.63, 3.8) is 0 Å². The van der Waals surface area contributed by atoms with Gasteiger partial charge in [0.05, 0.1) is 27.4 Å². The Labute approximate surface area is 179 Å². The number of aromatic nitrogens is 1. The molecular weight excluding hydrogens is 434 g/mol. The number of carbonyl (C=O) groups excluding carboxylic acids is 1. The standard InChI is InChI=1S/C20H17ClF2N4O2S/c21-15-14(10-1-2-12(22)18-16(10)26-20(24)30-18)13(23)7-11-17(15)29-6-3-9-8-25-4-5-27(9)19(11)28/h1-2,7,9,25H,3-6,8H2,(H2,24,26)/t9-/m0/s1. The number of nitrogens with two attached hydrogens (primary N) is 1. The Morgan fingerprint density at radius 2 is 2.13 bits per heavy atom. The molecule has 30 heavy (non-hydrogen) atoms. The molecular formula is C20H17ClF2N4O2S. The fraction of sp³-hybridized carbons (Fsp3) is 0.300. The quantitative estimate of drug-likeness (QED) is 0.591. The molecule has 2 aliphatic rings. The lowest BCUT2D eigenvalue weighted by molar-refractivity contribution is 0.0575. The lowest BCUT2D eigenvalue weighted by Crippen LogP contribution is -2.54. The van der Waals surface area contributed by atoms with Crippen molar-refractivity contribution in [1.82, 2.24) is 15.2 Å². The van der Waals surface area contributed by atoms with Crippen molar-refractivity contribution < 1.29 is 18.3 Å². The highest BCUT2D eigenvalue weighted by Gasteiger charge is 2.34. The van der Waals surface area contributed by atoms with Crippen LogP contribution < -0.4 is 15.8 Å². The van der Waals surface area contributed by atoms with Crippen LogP contribution in [0.5, 0.6) is 5.75 Å². The van der Waals surface area contributed by atoms with Crippen molar-refractivity contribution in [2.75, 3.05) is 32.0 Å². The Morgan fingerprint density at radius 3 is 2.97 bits per heavy atom. The van der Waals surface area contributed by atoms with Gasteiger partial charge in [-0.15, -0.1) is 0 Å². The minimum absolute atomic E-state index is 0.0101. The van der Waals surface area contributed by atoms with Crippen molar-refractivity contribution in [2.24, 2.45) is 0 Å². The van der Waals surface area contributed by atoms with Crippen molar-refractivity contribution in [3.8, 4) is 16.9 Å². The summed E-state index contributed by atoms with van der Waals surface area (Å²) in [6.45, 7) is 2.19. The summed E-state index contributed by atoms with van der Waals surface area (Å²) in [5, 5.41) is 3.38. The van der Waals surface area contributed by atoms with Crippen LogP contribution in [0.2, 0.25) is 5.02 Å². The van der Waals surface area contributed by atoms with Gasteiger partial charge in [0.2, 0.25) is 0 Å². The molecule has 0 aliphatic carbocycles. The molecule has 0 bridgehead atoms. The van der Waals surface area contributed by atoms with Crippen molar-refractivity contribution in [1.29, 1.82) is 0 Å². The molecule has 1 amide bonds. The molecule has 1 aromatic heterocycles. The molecule has 0 spiro atoms. The first-order valence-electron chi connectivity index (χ1n) is 9.47. The van der Waals surface area contributed by atoms with E-state index in [1.54, 1.807) is 4.90 Å². The minimum Gasteiger partial charge on any atom is -0.491 e. The van der Waals surface area contributed by atoms with Crippen LogP contribution in [-0.2, 0) is 0 Å². The minimum atomic E-state index is -0.706. The number of nitrogen functional groups attached to an aromatic ring is 1. The van der Waals surface area contributed by atoms with E-state index in [0.717, 1.165) is 17.4 Å². The molecule has 10 heteroatoms. The summed E-state index contributed by atoms with van der Waals surface area (Å²) in [5.74, 6) is -1.38. The van der Waals surface area contributed by atoms with Gasteiger partial charge >= 0.3 is 0 Å². The highest BCUT2D eigenvalue weighted by Crippen LogP contribution is 2.44. The van der Waals surface area contributed by atoms with Gasteiger partial charge in [-0.3, -0.25) is 4.79 Å². The number of rotatable bonds is 1. The summed E-state index contributed by atoms with van der Waals surface area (Å²) < 4.78 is 35.6. The van der Waals surface area contributed by atoms with Crippen LogP contribution in [0.25, 0.3) is 21.3 Å². The molecule has 5 rings (SSSR count). The van der Waals surface area contributed by atoms with Crippen LogP contribution in [0.15, 0.2) is 18.2 Å². The Hall–Kier alpha value is -2.49. The number of fused-ring (bicyclic) bond motifs is 3. The Kier molecular flexibility index (Phi) is 4.76. The number of nitrogens with one attached hydrogen (secondary N) is 1.